The summed E-state index contributed by atoms with van der Waals surface area (Å²) in [6.07, 6.45) is 2.03. The van der Waals surface area contributed by atoms with E-state index in [9.17, 15) is 0 Å². The molecule has 0 aromatic heterocycles. The van der Waals surface area contributed by atoms with Crippen LogP contribution in [-0.4, -0.2) is 13.1 Å². The first-order valence-electron chi connectivity index (χ1n) is 7.72. The zero-order valence-electron chi connectivity index (χ0n) is 13.1. The normalized spacial score (nSPS) is 13.7. The molecule has 112 valence electrons. The summed E-state index contributed by atoms with van der Waals surface area (Å²) in [5.74, 6) is 0. The first-order valence-corrected chi connectivity index (χ1v) is 7.72. The zero-order valence-corrected chi connectivity index (χ0v) is 13.1. The van der Waals surface area contributed by atoms with Crippen molar-refractivity contribution in [3.8, 4) is 0 Å². The van der Waals surface area contributed by atoms with Crippen molar-refractivity contribution in [2.45, 2.75) is 26.7 Å². The second-order valence-corrected chi connectivity index (χ2v) is 6.04. The predicted molar refractivity (Wildman–Crippen MR) is 91.6 cm³/mol. The number of nitrogens with one attached hydrogen (secondary N) is 1. The summed E-state index contributed by atoms with van der Waals surface area (Å²) in [7, 11) is 0. The maximum atomic E-state index is 5.90. The lowest BCUT2D eigenvalue weighted by molar-refractivity contribution is 0.346. The molecule has 0 saturated carbocycles. The first-order chi connectivity index (χ1) is 10.2. The molecule has 0 saturated heterocycles. The first kappa shape index (κ1) is 15.6. The molecule has 0 aliphatic heterocycles. The van der Waals surface area contributed by atoms with Gasteiger partial charge in [0.2, 0.25) is 0 Å². The molecule has 0 amide bonds. The van der Waals surface area contributed by atoms with Crippen molar-refractivity contribution in [1.29, 1.82) is 0 Å². The van der Waals surface area contributed by atoms with Crippen LogP contribution in [0.15, 0.2) is 54.6 Å². The quantitative estimate of drug-likeness (QED) is 0.803. The van der Waals surface area contributed by atoms with E-state index in [0.717, 1.165) is 19.4 Å². The van der Waals surface area contributed by atoms with Crippen LogP contribution in [0.25, 0.3) is 0 Å². The predicted octanol–water partition coefficient (Wildman–Crippen LogP) is 4.06. The molecular weight excluding hydrogens is 256 g/mol. The molecule has 21 heavy (non-hydrogen) atoms. The van der Waals surface area contributed by atoms with E-state index in [1.165, 1.54) is 16.8 Å². The highest BCUT2D eigenvalue weighted by molar-refractivity contribution is 5.53. The Hall–Kier alpha value is -1.80. The van der Waals surface area contributed by atoms with Gasteiger partial charge in [0, 0.05) is 12.2 Å². The number of benzene rings is 2. The Labute approximate surface area is 128 Å². The third-order valence-electron chi connectivity index (χ3n) is 4.31. The number of hydrogen-bond acceptors (Lipinski definition) is 2. The molecule has 3 N–H and O–H groups in total. The van der Waals surface area contributed by atoms with Gasteiger partial charge < -0.3 is 11.1 Å². The fraction of sp³-hybridized carbons (Fsp3) is 0.368. The van der Waals surface area contributed by atoms with Crippen molar-refractivity contribution in [3.63, 3.8) is 0 Å². The Morgan fingerprint density at radius 1 is 1.00 bits per heavy atom. The van der Waals surface area contributed by atoms with Crippen LogP contribution >= 0.6 is 0 Å². The van der Waals surface area contributed by atoms with E-state index in [1.807, 2.05) is 0 Å². The minimum atomic E-state index is 0.153. The highest BCUT2D eigenvalue weighted by Crippen LogP contribution is 2.23. The molecule has 0 aliphatic rings. The Morgan fingerprint density at radius 3 is 2.33 bits per heavy atom. The van der Waals surface area contributed by atoms with E-state index in [0.29, 0.717) is 6.54 Å². The van der Waals surface area contributed by atoms with Gasteiger partial charge in [-0.25, -0.2) is 0 Å². The molecule has 0 fully saturated rings. The molecule has 0 spiro atoms. The number of rotatable bonds is 7. The molecule has 0 radical (unpaired) electrons. The van der Waals surface area contributed by atoms with Crippen LogP contribution in [0.2, 0.25) is 0 Å². The maximum Gasteiger partial charge on any atom is 0.0376 e. The van der Waals surface area contributed by atoms with Crippen molar-refractivity contribution in [2.24, 2.45) is 11.1 Å². The Bertz CT molecular complexity index is 545. The summed E-state index contributed by atoms with van der Waals surface area (Å²) in [6.45, 7) is 6.05. The molecule has 2 aromatic rings. The van der Waals surface area contributed by atoms with Crippen LogP contribution in [0.1, 0.15) is 31.4 Å². The van der Waals surface area contributed by atoms with Crippen LogP contribution in [0, 0.1) is 5.41 Å². The number of hydrogen-bond donors (Lipinski definition) is 2. The molecule has 1 unspecified atom stereocenters. The van der Waals surface area contributed by atoms with Crippen molar-refractivity contribution >= 4 is 5.69 Å². The number of nitrogens with two attached hydrogens (primary N) is 1. The largest absolute Gasteiger partial charge is 0.384 e. The summed E-state index contributed by atoms with van der Waals surface area (Å²) in [6, 6.07) is 19.1. The lowest BCUT2D eigenvalue weighted by Crippen LogP contribution is -2.34. The average molecular weight is 282 g/mol. The highest BCUT2D eigenvalue weighted by atomic mass is 14.9. The average Bonchev–Trinajstić information content (AvgIpc) is 2.55. The second-order valence-electron chi connectivity index (χ2n) is 6.04. The van der Waals surface area contributed by atoms with Gasteiger partial charge >= 0.3 is 0 Å². The Balaban J connectivity index is 2.10. The standard InChI is InChI=1S/C19H26N2/c1-3-19(2,14-20)15-21-18-12-8-7-11-17(18)13-16-9-5-4-6-10-16/h4-12,21H,3,13-15,20H2,1-2H3. The van der Waals surface area contributed by atoms with Gasteiger partial charge in [0.05, 0.1) is 0 Å². The third kappa shape index (κ3) is 4.33. The molecular formula is C19H26N2. The van der Waals surface area contributed by atoms with Crippen molar-refractivity contribution in [3.05, 3.63) is 65.7 Å². The number of para-hydroxylation sites is 1. The van der Waals surface area contributed by atoms with Gasteiger partial charge in [-0.15, -0.1) is 0 Å². The number of anilines is 1. The molecule has 1 atom stereocenters. The van der Waals surface area contributed by atoms with Crippen LogP contribution in [0.4, 0.5) is 5.69 Å². The van der Waals surface area contributed by atoms with E-state index in [4.69, 9.17) is 5.73 Å². The highest BCUT2D eigenvalue weighted by Gasteiger charge is 2.19. The van der Waals surface area contributed by atoms with Gasteiger partial charge in [0.15, 0.2) is 0 Å². The lowest BCUT2D eigenvalue weighted by Gasteiger charge is -2.27. The van der Waals surface area contributed by atoms with Crippen LogP contribution in [0.5, 0.6) is 0 Å². The summed E-state index contributed by atoms with van der Waals surface area (Å²) < 4.78 is 0. The summed E-state index contributed by atoms with van der Waals surface area (Å²) in [5.41, 5.74) is 9.94. The van der Waals surface area contributed by atoms with Gasteiger partial charge in [0.25, 0.3) is 0 Å². The van der Waals surface area contributed by atoms with E-state index < -0.39 is 0 Å². The fourth-order valence-corrected chi connectivity index (χ4v) is 2.31. The van der Waals surface area contributed by atoms with Crippen LogP contribution in [-0.2, 0) is 6.42 Å². The van der Waals surface area contributed by atoms with E-state index in [1.54, 1.807) is 0 Å². The molecule has 2 nitrogen and oxygen atoms in total. The molecule has 2 rings (SSSR count). The van der Waals surface area contributed by atoms with Crippen LogP contribution < -0.4 is 11.1 Å². The zero-order chi connectivity index (χ0) is 15.1. The van der Waals surface area contributed by atoms with E-state index in [2.05, 4.69) is 73.8 Å². The fourth-order valence-electron chi connectivity index (χ4n) is 2.31. The van der Waals surface area contributed by atoms with Crippen molar-refractivity contribution in [1.82, 2.24) is 0 Å². The van der Waals surface area contributed by atoms with Crippen molar-refractivity contribution < 1.29 is 0 Å². The minimum Gasteiger partial charge on any atom is -0.384 e. The molecule has 2 aromatic carbocycles. The van der Waals surface area contributed by atoms with Crippen molar-refractivity contribution in [2.75, 3.05) is 18.4 Å². The second kappa shape index (κ2) is 7.28. The van der Waals surface area contributed by atoms with E-state index >= 15 is 0 Å². The maximum absolute atomic E-state index is 5.90. The molecule has 0 bridgehead atoms. The smallest absolute Gasteiger partial charge is 0.0376 e. The third-order valence-corrected chi connectivity index (χ3v) is 4.31. The van der Waals surface area contributed by atoms with Gasteiger partial charge in [-0.2, -0.15) is 0 Å². The minimum absolute atomic E-state index is 0.153. The van der Waals surface area contributed by atoms with Crippen LogP contribution in [0.3, 0.4) is 0 Å². The summed E-state index contributed by atoms with van der Waals surface area (Å²) >= 11 is 0. The summed E-state index contributed by atoms with van der Waals surface area (Å²) in [5, 5.41) is 3.60. The monoisotopic (exact) mass is 282 g/mol. The SMILES string of the molecule is CCC(C)(CN)CNc1ccccc1Cc1ccccc1. The van der Waals surface area contributed by atoms with Gasteiger partial charge in [-0.3, -0.25) is 0 Å². The van der Waals surface area contributed by atoms with Gasteiger partial charge in [-0.05, 0) is 42.0 Å². The molecule has 2 heteroatoms. The topological polar surface area (TPSA) is 38.0 Å². The Morgan fingerprint density at radius 2 is 1.67 bits per heavy atom. The lowest BCUT2D eigenvalue weighted by atomic mass is 9.87. The molecule has 0 aliphatic carbocycles. The van der Waals surface area contributed by atoms with E-state index in [-0.39, 0.29) is 5.41 Å². The van der Waals surface area contributed by atoms with Gasteiger partial charge in [0.1, 0.15) is 0 Å². The Kier molecular flexibility index (Phi) is 5.40. The van der Waals surface area contributed by atoms with Gasteiger partial charge in [-0.1, -0.05) is 62.4 Å². The molecule has 0 heterocycles. The summed E-state index contributed by atoms with van der Waals surface area (Å²) in [4.78, 5) is 0.